The first kappa shape index (κ1) is 13.4. The number of nitrogens with two attached hydrogens (primary N) is 1. The number of nitrogens with one attached hydrogen (secondary N) is 1. The topological polar surface area (TPSA) is 55.1 Å². The molecule has 16 heavy (non-hydrogen) atoms. The molecule has 0 spiro atoms. The molecule has 6 heteroatoms. The molecule has 1 unspecified atom stereocenters. The third kappa shape index (κ3) is 3.17. The number of benzene rings is 1. The van der Waals surface area contributed by atoms with Gasteiger partial charge in [0, 0.05) is 4.47 Å². The van der Waals surface area contributed by atoms with Gasteiger partial charge in [-0.25, -0.2) is 0 Å². The van der Waals surface area contributed by atoms with Crippen molar-refractivity contribution in [2.24, 2.45) is 5.73 Å². The van der Waals surface area contributed by atoms with Crippen molar-refractivity contribution in [1.29, 1.82) is 0 Å². The molecule has 0 saturated carbocycles. The fourth-order valence-corrected chi connectivity index (χ4v) is 1.66. The molecule has 0 aliphatic heterocycles. The molecule has 0 radical (unpaired) electrons. The van der Waals surface area contributed by atoms with Gasteiger partial charge in [-0.15, -0.1) is 0 Å². The predicted molar refractivity (Wildman–Crippen MR) is 72.9 cm³/mol. The molecular formula is C10H10BrClN2OS. The third-order valence-electron chi connectivity index (χ3n) is 1.97. The molecule has 1 amide bonds. The Kier molecular flexibility index (Phi) is 4.70. The zero-order chi connectivity index (χ0) is 12.3. The van der Waals surface area contributed by atoms with Crippen LogP contribution in [0.15, 0.2) is 22.7 Å². The number of halogens is 2. The van der Waals surface area contributed by atoms with Gasteiger partial charge in [-0.05, 0) is 35.0 Å². The lowest BCUT2D eigenvalue weighted by Gasteiger charge is -2.13. The van der Waals surface area contributed by atoms with Crippen LogP contribution in [0.25, 0.3) is 0 Å². The molecule has 1 aromatic carbocycles. The summed E-state index contributed by atoms with van der Waals surface area (Å²) in [5, 5.41) is 3.02. The maximum Gasteiger partial charge on any atom is 0.253 e. The minimum atomic E-state index is -0.363. The Morgan fingerprint density at radius 1 is 1.62 bits per heavy atom. The fourth-order valence-electron chi connectivity index (χ4n) is 1.02. The number of thiocarbonyl (C=S) groups is 1. The number of rotatable bonds is 3. The van der Waals surface area contributed by atoms with Gasteiger partial charge in [-0.1, -0.05) is 29.9 Å². The van der Waals surface area contributed by atoms with Crippen molar-refractivity contribution in [3.63, 3.8) is 0 Å². The lowest BCUT2D eigenvalue weighted by atomic mass is 10.2. The molecule has 86 valence electrons. The third-order valence-corrected chi connectivity index (χ3v) is 3.62. The van der Waals surface area contributed by atoms with Crippen molar-refractivity contribution < 1.29 is 4.79 Å². The second-order valence-corrected chi connectivity index (χ2v) is 4.90. The lowest BCUT2D eigenvalue weighted by molar-refractivity contribution is 0.0949. The Hall–Kier alpha value is -0.650. The molecule has 0 fully saturated rings. The Morgan fingerprint density at radius 3 is 2.81 bits per heavy atom. The summed E-state index contributed by atoms with van der Waals surface area (Å²) in [6.45, 7) is 1.71. The van der Waals surface area contributed by atoms with E-state index in [0.29, 0.717) is 15.1 Å². The molecule has 1 atom stereocenters. The van der Waals surface area contributed by atoms with Gasteiger partial charge in [-0.3, -0.25) is 4.79 Å². The largest absolute Gasteiger partial charge is 0.392 e. The van der Waals surface area contributed by atoms with Crippen LogP contribution in [-0.4, -0.2) is 16.9 Å². The molecule has 0 aromatic heterocycles. The van der Waals surface area contributed by atoms with Crippen molar-refractivity contribution in [3.8, 4) is 0 Å². The van der Waals surface area contributed by atoms with Crippen LogP contribution >= 0.6 is 39.7 Å². The highest BCUT2D eigenvalue weighted by atomic mass is 79.9. The Balaban J connectivity index is 2.89. The smallest absolute Gasteiger partial charge is 0.253 e. The zero-order valence-corrected chi connectivity index (χ0v) is 11.6. The Morgan fingerprint density at radius 2 is 2.25 bits per heavy atom. The van der Waals surface area contributed by atoms with Gasteiger partial charge in [0.15, 0.2) is 0 Å². The summed E-state index contributed by atoms with van der Waals surface area (Å²) in [5.74, 6) is -0.299. The van der Waals surface area contributed by atoms with E-state index in [-0.39, 0.29) is 16.9 Å². The van der Waals surface area contributed by atoms with Crippen LogP contribution in [0.3, 0.4) is 0 Å². The van der Waals surface area contributed by atoms with Crippen molar-refractivity contribution >= 4 is 50.6 Å². The number of hydrogen-bond acceptors (Lipinski definition) is 2. The molecule has 1 aromatic rings. The van der Waals surface area contributed by atoms with Gasteiger partial charge in [-0.2, -0.15) is 0 Å². The molecule has 1 rings (SSSR count). The van der Waals surface area contributed by atoms with E-state index < -0.39 is 0 Å². The van der Waals surface area contributed by atoms with E-state index in [2.05, 4.69) is 21.2 Å². The fraction of sp³-hybridized carbons (Fsp3) is 0.200. The van der Waals surface area contributed by atoms with E-state index in [9.17, 15) is 4.79 Å². The monoisotopic (exact) mass is 320 g/mol. The SMILES string of the molecule is CC(NC(=O)c1cccc(Br)c1Cl)C(N)=S. The van der Waals surface area contributed by atoms with E-state index in [0.717, 1.165) is 0 Å². The van der Waals surface area contributed by atoms with E-state index in [1.54, 1.807) is 25.1 Å². The average Bonchev–Trinajstić information content (AvgIpc) is 2.21. The molecule has 3 nitrogen and oxygen atoms in total. The van der Waals surface area contributed by atoms with Crippen LogP contribution in [0.2, 0.25) is 5.02 Å². The second kappa shape index (κ2) is 5.61. The molecule has 3 N–H and O–H groups in total. The van der Waals surface area contributed by atoms with Crippen LogP contribution < -0.4 is 11.1 Å². The molecular weight excluding hydrogens is 312 g/mol. The van der Waals surface area contributed by atoms with Gasteiger partial charge < -0.3 is 11.1 Å². The molecule has 0 saturated heterocycles. The van der Waals surface area contributed by atoms with E-state index >= 15 is 0 Å². The number of carbonyl (C=O) groups excluding carboxylic acids is 1. The van der Waals surface area contributed by atoms with E-state index in [4.69, 9.17) is 29.6 Å². The molecule has 0 aliphatic rings. The Bertz CT molecular complexity index is 439. The minimum Gasteiger partial charge on any atom is -0.392 e. The minimum absolute atomic E-state index is 0.236. The van der Waals surface area contributed by atoms with E-state index in [1.165, 1.54) is 0 Å². The second-order valence-electron chi connectivity index (χ2n) is 3.20. The maximum absolute atomic E-state index is 11.8. The van der Waals surface area contributed by atoms with Crippen LogP contribution in [-0.2, 0) is 0 Å². The summed E-state index contributed by atoms with van der Waals surface area (Å²) in [6.07, 6.45) is 0. The van der Waals surface area contributed by atoms with E-state index in [1.807, 2.05) is 0 Å². The lowest BCUT2D eigenvalue weighted by Crippen LogP contribution is -2.41. The zero-order valence-electron chi connectivity index (χ0n) is 8.46. The Labute approximate surface area is 112 Å². The normalized spacial score (nSPS) is 11.9. The van der Waals surface area contributed by atoms with Crippen molar-refractivity contribution in [1.82, 2.24) is 5.32 Å². The van der Waals surface area contributed by atoms with Crippen LogP contribution in [0, 0.1) is 0 Å². The van der Waals surface area contributed by atoms with Gasteiger partial charge >= 0.3 is 0 Å². The summed E-state index contributed by atoms with van der Waals surface area (Å²) in [5.41, 5.74) is 5.79. The van der Waals surface area contributed by atoms with Crippen LogP contribution in [0.1, 0.15) is 17.3 Å². The number of amides is 1. The highest BCUT2D eigenvalue weighted by Crippen LogP contribution is 2.25. The van der Waals surface area contributed by atoms with Gasteiger partial charge in [0.2, 0.25) is 0 Å². The summed E-state index contributed by atoms with van der Waals surface area (Å²) in [4.78, 5) is 12.0. The highest BCUT2D eigenvalue weighted by Gasteiger charge is 2.15. The molecule has 0 bridgehead atoms. The predicted octanol–water partition coefficient (Wildman–Crippen LogP) is 2.51. The number of hydrogen-bond donors (Lipinski definition) is 2. The van der Waals surface area contributed by atoms with Gasteiger partial charge in [0.25, 0.3) is 5.91 Å². The summed E-state index contributed by atoms with van der Waals surface area (Å²) in [7, 11) is 0. The summed E-state index contributed by atoms with van der Waals surface area (Å²) >= 11 is 14.0. The van der Waals surface area contributed by atoms with Crippen LogP contribution in [0.5, 0.6) is 0 Å². The molecule has 0 aliphatic carbocycles. The summed E-state index contributed by atoms with van der Waals surface area (Å²) in [6, 6.07) is 4.76. The molecule has 0 heterocycles. The van der Waals surface area contributed by atoms with Crippen molar-refractivity contribution in [2.45, 2.75) is 13.0 Å². The number of carbonyl (C=O) groups is 1. The van der Waals surface area contributed by atoms with Crippen molar-refractivity contribution in [2.75, 3.05) is 0 Å². The average molecular weight is 322 g/mol. The van der Waals surface area contributed by atoms with Gasteiger partial charge in [0.1, 0.15) is 0 Å². The van der Waals surface area contributed by atoms with Crippen LogP contribution in [0.4, 0.5) is 0 Å². The first-order valence-corrected chi connectivity index (χ1v) is 6.05. The first-order valence-electron chi connectivity index (χ1n) is 4.47. The van der Waals surface area contributed by atoms with Gasteiger partial charge in [0.05, 0.1) is 21.6 Å². The quantitative estimate of drug-likeness (QED) is 0.841. The highest BCUT2D eigenvalue weighted by molar-refractivity contribution is 9.10. The first-order chi connectivity index (χ1) is 7.43. The van der Waals surface area contributed by atoms with Crippen molar-refractivity contribution in [3.05, 3.63) is 33.3 Å². The maximum atomic E-state index is 11.8. The summed E-state index contributed by atoms with van der Waals surface area (Å²) < 4.78 is 0.671. The standard InChI is InChI=1S/C10H10BrClN2OS/c1-5(9(13)16)14-10(15)6-3-2-4-7(11)8(6)12/h2-5H,1H3,(H2,13,16)(H,14,15).